The van der Waals surface area contributed by atoms with Crippen LogP contribution in [0.2, 0.25) is 5.02 Å². The minimum Gasteiger partial charge on any atom is -0.310 e. The van der Waals surface area contributed by atoms with Crippen LogP contribution in [0.5, 0.6) is 0 Å². The van der Waals surface area contributed by atoms with Crippen molar-refractivity contribution in [2.45, 2.75) is 25.3 Å². The number of halogens is 2. The van der Waals surface area contributed by atoms with Crippen LogP contribution in [-0.2, 0) is 6.42 Å². The summed E-state index contributed by atoms with van der Waals surface area (Å²) in [6, 6.07) is 13.3. The number of fused-ring (bicyclic) bond motifs is 1. The van der Waals surface area contributed by atoms with Crippen molar-refractivity contribution in [2.75, 3.05) is 6.54 Å². The van der Waals surface area contributed by atoms with Crippen molar-refractivity contribution in [1.29, 1.82) is 0 Å². The van der Waals surface area contributed by atoms with Gasteiger partial charge in [-0.15, -0.1) is 0 Å². The Morgan fingerprint density at radius 1 is 1.30 bits per heavy atom. The van der Waals surface area contributed by atoms with E-state index >= 15 is 0 Å². The maximum atomic E-state index is 13.0. The highest BCUT2D eigenvalue weighted by molar-refractivity contribution is 6.31. The third-order valence-electron chi connectivity index (χ3n) is 4.06. The Hall–Kier alpha value is -1.38. The molecule has 104 valence electrons. The van der Waals surface area contributed by atoms with Crippen LogP contribution in [-0.4, -0.2) is 6.54 Å². The van der Waals surface area contributed by atoms with Crippen molar-refractivity contribution in [3.8, 4) is 0 Å². The van der Waals surface area contributed by atoms with Crippen molar-refractivity contribution < 1.29 is 4.39 Å². The van der Waals surface area contributed by atoms with E-state index in [0.29, 0.717) is 10.9 Å². The summed E-state index contributed by atoms with van der Waals surface area (Å²) in [6.45, 7) is 2.98. The highest BCUT2D eigenvalue weighted by Gasteiger charge is 2.25. The normalized spacial score (nSPS) is 18.2. The first-order valence-corrected chi connectivity index (χ1v) is 7.29. The second kappa shape index (κ2) is 5.55. The molecule has 2 aromatic rings. The fourth-order valence-electron chi connectivity index (χ4n) is 2.83. The molecule has 0 aliphatic heterocycles. The molecule has 0 radical (unpaired) electrons. The lowest BCUT2D eigenvalue weighted by molar-refractivity contribution is 0.489. The lowest BCUT2D eigenvalue weighted by Crippen LogP contribution is -2.30. The first-order valence-electron chi connectivity index (χ1n) is 6.91. The Kier molecular flexibility index (Phi) is 3.77. The maximum Gasteiger partial charge on any atom is 0.124 e. The summed E-state index contributed by atoms with van der Waals surface area (Å²) in [5.74, 6) is 0.284. The van der Waals surface area contributed by atoms with Crippen LogP contribution in [0, 0.1) is 5.82 Å². The van der Waals surface area contributed by atoms with E-state index < -0.39 is 0 Å². The van der Waals surface area contributed by atoms with Gasteiger partial charge in [-0.1, -0.05) is 41.9 Å². The molecule has 1 aliphatic carbocycles. The smallest absolute Gasteiger partial charge is 0.124 e. The average Bonchev–Trinajstić information content (AvgIpc) is 2.39. The Morgan fingerprint density at radius 3 is 2.85 bits per heavy atom. The summed E-state index contributed by atoms with van der Waals surface area (Å²) in [4.78, 5) is 0. The molecule has 2 aromatic carbocycles. The highest BCUT2D eigenvalue weighted by atomic mass is 35.5. The van der Waals surface area contributed by atoms with E-state index in [-0.39, 0.29) is 11.9 Å². The number of rotatable bonds is 4. The fraction of sp³-hybridized carbons (Fsp3) is 0.294. The van der Waals surface area contributed by atoms with Crippen LogP contribution in [0.3, 0.4) is 0 Å². The molecular formula is C17H17ClFN. The number of nitrogens with one attached hydrogen (secondary N) is 1. The zero-order valence-electron chi connectivity index (χ0n) is 11.4. The van der Waals surface area contributed by atoms with E-state index in [0.717, 1.165) is 18.5 Å². The topological polar surface area (TPSA) is 12.0 Å². The van der Waals surface area contributed by atoms with Crippen molar-refractivity contribution in [1.82, 2.24) is 5.32 Å². The first-order chi connectivity index (χ1) is 9.65. The predicted molar refractivity (Wildman–Crippen MR) is 80.7 cm³/mol. The minimum atomic E-state index is -0.293. The lowest BCUT2D eigenvalue weighted by atomic mass is 9.77. The van der Waals surface area contributed by atoms with Crippen molar-refractivity contribution >= 4 is 11.6 Å². The molecule has 2 unspecified atom stereocenters. The molecule has 1 nitrogen and oxygen atoms in total. The second-order valence-corrected chi connectivity index (χ2v) is 5.80. The predicted octanol–water partition coefficient (Wildman–Crippen LogP) is 4.47. The van der Waals surface area contributed by atoms with Gasteiger partial charge in [0, 0.05) is 23.5 Å². The average molecular weight is 290 g/mol. The van der Waals surface area contributed by atoms with Gasteiger partial charge in [0.05, 0.1) is 0 Å². The van der Waals surface area contributed by atoms with Crippen LogP contribution < -0.4 is 5.32 Å². The standard InChI is InChI=1S/C17H17ClFN/c1-11(15-7-6-14(19)9-17(15)18)20-10-13-8-12-4-2-3-5-16(12)13/h2-7,9,11,13,20H,8,10H2,1H3. The molecule has 3 heteroatoms. The Balaban J connectivity index is 1.62. The molecule has 3 rings (SSSR count). The van der Waals surface area contributed by atoms with Crippen molar-refractivity contribution in [3.05, 3.63) is 70.0 Å². The summed E-state index contributed by atoms with van der Waals surface area (Å²) < 4.78 is 13.0. The Bertz CT molecular complexity index is 626. The maximum absolute atomic E-state index is 13.0. The molecule has 0 aromatic heterocycles. The molecule has 1 aliphatic rings. The van der Waals surface area contributed by atoms with E-state index in [9.17, 15) is 4.39 Å². The fourth-order valence-corrected chi connectivity index (χ4v) is 3.16. The van der Waals surface area contributed by atoms with E-state index in [2.05, 4.69) is 36.5 Å². The molecule has 0 saturated carbocycles. The molecule has 0 fully saturated rings. The van der Waals surface area contributed by atoms with E-state index in [4.69, 9.17) is 11.6 Å². The number of hydrogen-bond acceptors (Lipinski definition) is 1. The zero-order chi connectivity index (χ0) is 14.1. The van der Waals surface area contributed by atoms with Crippen LogP contribution >= 0.6 is 11.6 Å². The van der Waals surface area contributed by atoms with E-state index in [1.54, 1.807) is 6.07 Å². The quantitative estimate of drug-likeness (QED) is 0.876. The monoisotopic (exact) mass is 289 g/mol. The van der Waals surface area contributed by atoms with Crippen LogP contribution in [0.25, 0.3) is 0 Å². The van der Waals surface area contributed by atoms with Crippen molar-refractivity contribution in [2.24, 2.45) is 0 Å². The Morgan fingerprint density at radius 2 is 2.10 bits per heavy atom. The van der Waals surface area contributed by atoms with E-state index in [1.807, 2.05) is 0 Å². The third kappa shape index (κ3) is 2.58. The largest absolute Gasteiger partial charge is 0.310 e. The Labute approximate surface area is 123 Å². The van der Waals surface area contributed by atoms with Gasteiger partial charge in [0.1, 0.15) is 5.82 Å². The van der Waals surface area contributed by atoms with Gasteiger partial charge in [-0.25, -0.2) is 4.39 Å². The summed E-state index contributed by atoms with van der Waals surface area (Å²) in [5.41, 5.74) is 3.84. The van der Waals surface area contributed by atoms with Gasteiger partial charge in [-0.2, -0.15) is 0 Å². The summed E-state index contributed by atoms with van der Waals surface area (Å²) in [6.07, 6.45) is 1.13. The summed E-state index contributed by atoms with van der Waals surface area (Å²) >= 11 is 6.09. The minimum absolute atomic E-state index is 0.121. The number of hydrogen-bond donors (Lipinski definition) is 1. The van der Waals surface area contributed by atoms with Gasteiger partial charge in [-0.3, -0.25) is 0 Å². The molecular weight excluding hydrogens is 273 g/mol. The second-order valence-electron chi connectivity index (χ2n) is 5.40. The van der Waals surface area contributed by atoms with Gasteiger partial charge in [-0.05, 0) is 42.2 Å². The summed E-state index contributed by atoms with van der Waals surface area (Å²) in [5, 5.41) is 3.98. The SMILES string of the molecule is CC(NCC1Cc2ccccc21)c1ccc(F)cc1Cl. The third-order valence-corrected chi connectivity index (χ3v) is 4.39. The lowest BCUT2D eigenvalue weighted by Gasteiger charge is -2.31. The molecule has 1 N–H and O–H groups in total. The summed E-state index contributed by atoms with van der Waals surface area (Å²) in [7, 11) is 0. The van der Waals surface area contributed by atoms with Crippen LogP contribution in [0.15, 0.2) is 42.5 Å². The molecule has 0 spiro atoms. The highest BCUT2D eigenvalue weighted by Crippen LogP contribution is 2.34. The molecule has 0 heterocycles. The zero-order valence-corrected chi connectivity index (χ0v) is 12.1. The van der Waals surface area contributed by atoms with Gasteiger partial charge < -0.3 is 5.32 Å². The van der Waals surface area contributed by atoms with Crippen LogP contribution in [0.1, 0.15) is 35.6 Å². The molecule has 20 heavy (non-hydrogen) atoms. The van der Waals surface area contributed by atoms with Crippen LogP contribution in [0.4, 0.5) is 4.39 Å². The van der Waals surface area contributed by atoms with E-state index in [1.165, 1.54) is 23.3 Å². The number of benzene rings is 2. The molecule has 2 atom stereocenters. The first kappa shape index (κ1) is 13.6. The van der Waals surface area contributed by atoms with Gasteiger partial charge in [0.2, 0.25) is 0 Å². The molecule has 0 saturated heterocycles. The molecule has 0 bridgehead atoms. The van der Waals surface area contributed by atoms with Gasteiger partial charge >= 0.3 is 0 Å². The molecule has 0 amide bonds. The van der Waals surface area contributed by atoms with Gasteiger partial charge in [0.25, 0.3) is 0 Å². The van der Waals surface area contributed by atoms with Gasteiger partial charge in [0.15, 0.2) is 0 Å². The van der Waals surface area contributed by atoms with Crippen molar-refractivity contribution in [3.63, 3.8) is 0 Å².